The van der Waals surface area contributed by atoms with E-state index in [-0.39, 0.29) is 12.3 Å². The van der Waals surface area contributed by atoms with Crippen LogP contribution >= 0.6 is 0 Å². The molecule has 8 atom stereocenters. The van der Waals surface area contributed by atoms with Gasteiger partial charge < -0.3 is 24.8 Å². The van der Waals surface area contributed by atoms with Crippen LogP contribution in [0, 0.1) is 11.8 Å². The third kappa shape index (κ3) is 1.31. The van der Waals surface area contributed by atoms with Crippen molar-refractivity contribution in [2.45, 2.75) is 61.8 Å². The van der Waals surface area contributed by atoms with Gasteiger partial charge in [0, 0.05) is 11.5 Å². The minimum Gasteiger partial charge on any atom is -0.458 e. The molecule has 0 bridgehead atoms. The van der Waals surface area contributed by atoms with Gasteiger partial charge in [-0.1, -0.05) is 6.58 Å². The molecule has 0 unspecified atom stereocenters. The number of aliphatic hydroxyl groups excluding tert-OH is 1. The molecule has 0 aromatic rings. The maximum Gasteiger partial charge on any atom is 0.334 e. The second-order valence-corrected chi connectivity index (χ2v) is 7.28. The van der Waals surface area contributed by atoms with Crippen LogP contribution in [0.2, 0.25) is 0 Å². The van der Waals surface area contributed by atoms with E-state index in [0.717, 1.165) is 0 Å². The van der Waals surface area contributed by atoms with Crippen molar-refractivity contribution in [3.05, 3.63) is 12.2 Å². The summed E-state index contributed by atoms with van der Waals surface area (Å²) >= 11 is 0. The van der Waals surface area contributed by atoms with Gasteiger partial charge in [0.25, 0.3) is 0 Å². The summed E-state index contributed by atoms with van der Waals surface area (Å²) in [6, 6.07) is 0. The van der Waals surface area contributed by atoms with Crippen molar-refractivity contribution in [3.8, 4) is 0 Å². The number of esters is 1. The van der Waals surface area contributed by atoms with Gasteiger partial charge in [-0.2, -0.15) is 0 Å². The van der Waals surface area contributed by atoms with Gasteiger partial charge in [-0.15, -0.1) is 0 Å². The lowest BCUT2D eigenvalue weighted by Gasteiger charge is -2.46. The first kappa shape index (κ1) is 13.7. The number of carbonyl (C=O) groups excluding carboxylic acids is 1. The zero-order valence-corrected chi connectivity index (χ0v) is 12.1. The fourth-order valence-electron chi connectivity index (χ4n) is 4.86. The number of fused-ring (bicyclic) bond motifs is 5. The van der Waals surface area contributed by atoms with Gasteiger partial charge in [-0.25, -0.2) is 4.79 Å². The second kappa shape index (κ2) is 3.51. The van der Waals surface area contributed by atoms with Crippen LogP contribution in [0.5, 0.6) is 0 Å². The third-order valence-electron chi connectivity index (χ3n) is 6.20. The number of epoxide rings is 1. The lowest BCUT2D eigenvalue weighted by molar-refractivity contribution is -0.239. The molecule has 3 N–H and O–H groups in total. The molecule has 2 aliphatic carbocycles. The Morgan fingerprint density at radius 3 is 2.67 bits per heavy atom. The highest BCUT2D eigenvalue weighted by molar-refractivity contribution is 5.91. The van der Waals surface area contributed by atoms with Crippen molar-refractivity contribution in [2.75, 3.05) is 0 Å². The van der Waals surface area contributed by atoms with Crippen LogP contribution in [-0.2, 0) is 14.3 Å². The molecule has 116 valence electrons. The van der Waals surface area contributed by atoms with Gasteiger partial charge in [0.2, 0.25) is 0 Å². The average molecular weight is 296 g/mol. The number of aliphatic hydroxyl groups is 3. The Bertz CT molecular complexity index is 556. The molecule has 4 fully saturated rings. The Kier molecular flexibility index (Phi) is 2.29. The molecule has 6 heteroatoms. The molecule has 0 aromatic heterocycles. The number of rotatable bonds is 0. The van der Waals surface area contributed by atoms with E-state index >= 15 is 0 Å². The van der Waals surface area contributed by atoms with Gasteiger partial charge >= 0.3 is 5.97 Å². The Labute approximate surface area is 122 Å². The van der Waals surface area contributed by atoms with Crippen molar-refractivity contribution < 1.29 is 29.6 Å². The molecule has 0 spiro atoms. The summed E-state index contributed by atoms with van der Waals surface area (Å²) in [7, 11) is 0. The van der Waals surface area contributed by atoms with Crippen LogP contribution < -0.4 is 0 Å². The summed E-state index contributed by atoms with van der Waals surface area (Å²) in [5.41, 5.74) is -3.64. The zero-order chi connectivity index (χ0) is 15.4. The first-order valence-corrected chi connectivity index (χ1v) is 7.35. The number of hydrogen-bond acceptors (Lipinski definition) is 6. The van der Waals surface area contributed by atoms with E-state index in [1.807, 2.05) is 0 Å². The van der Waals surface area contributed by atoms with Crippen LogP contribution in [0.3, 0.4) is 0 Å². The Hall–Kier alpha value is -0.950. The highest BCUT2D eigenvalue weighted by Gasteiger charge is 2.83. The topological polar surface area (TPSA) is 99.5 Å². The fraction of sp³-hybridized carbons (Fsp3) is 0.800. The molecular formula is C15H20O6. The molecule has 4 aliphatic rings. The van der Waals surface area contributed by atoms with Gasteiger partial charge in [0.15, 0.2) is 0 Å². The minimum atomic E-state index is -1.75. The third-order valence-corrected chi connectivity index (χ3v) is 6.20. The largest absolute Gasteiger partial charge is 0.458 e. The van der Waals surface area contributed by atoms with E-state index in [2.05, 4.69) is 6.58 Å². The molecular weight excluding hydrogens is 276 g/mol. The highest BCUT2D eigenvalue weighted by Crippen LogP contribution is 2.65. The van der Waals surface area contributed by atoms with E-state index in [0.29, 0.717) is 12.0 Å². The van der Waals surface area contributed by atoms with Crippen molar-refractivity contribution in [1.29, 1.82) is 0 Å². The van der Waals surface area contributed by atoms with Crippen molar-refractivity contribution in [2.24, 2.45) is 11.8 Å². The standard InChI is InChI=1S/C15H20O6/c1-6-7-4-5-13(2,18)15(19)9(8(7)20-12(6)17)14(3)11(21-14)10(15)16/h7-11,16,18-19H,1,4-5H2,2-3H3/t7-,8+,9+,10+,11-,13-,14+,15+/m1/s1. The van der Waals surface area contributed by atoms with E-state index in [1.54, 1.807) is 6.92 Å². The maximum absolute atomic E-state index is 11.8. The first-order valence-electron chi connectivity index (χ1n) is 7.35. The molecule has 4 rings (SSSR count). The van der Waals surface area contributed by atoms with Gasteiger partial charge in [0.1, 0.15) is 29.5 Å². The summed E-state index contributed by atoms with van der Waals surface area (Å²) in [4.78, 5) is 11.8. The van der Waals surface area contributed by atoms with E-state index < -0.39 is 47.0 Å². The fourth-order valence-corrected chi connectivity index (χ4v) is 4.86. The minimum absolute atomic E-state index is 0.255. The number of hydrogen-bond donors (Lipinski definition) is 3. The molecule has 0 amide bonds. The number of ether oxygens (including phenoxy) is 2. The van der Waals surface area contributed by atoms with Crippen LogP contribution in [-0.4, -0.2) is 56.4 Å². The Balaban J connectivity index is 1.87. The van der Waals surface area contributed by atoms with Crippen molar-refractivity contribution in [1.82, 2.24) is 0 Å². The Morgan fingerprint density at radius 1 is 1.33 bits per heavy atom. The molecule has 6 nitrogen and oxygen atoms in total. The molecule has 2 saturated heterocycles. The summed E-state index contributed by atoms with van der Waals surface area (Å²) in [6.45, 7) is 7.10. The summed E-state index contributed by atoms with van der Waals surface area (Å²) in [6.07, 6.45) is -1.61. The van der Waals surface area contributed by atoms with Crippen molar-refractivity contribution in [3.63, 3.8) is 0 Å². The quantitative estimate of drug-likeness (QED) is 0.317. The number of carbonyl (C=O) groups is 1. The lowest BCUT2D eigenvalue weighted by atomic mass is 9.70. The van der Waals surface area contributed by atoms with Crippen LogP contribution in [0.25, 0.3) is 0 Å². The van der Waals surface area contributed by atoms with Gasteiger partial charge in [0.05, 0.1) is 11.5 Å². The summed E-state index contributed by atoms with van der Waals surface area (Å²) < 4.78 is 11.0. The Morgan fingerprint density at radius 2 is 2.00 bits per heavy atom. The monoisotopic (exact) mass is 296 g/mol. The van der Waals surface area contributed by atoms with Crippen molar-refractivity contribution >= 4 is 5.97 Å². The van der Waals surface area contributed by atoms with E-state index in [4.69, 9.17) is 9.47 Å². The smallest absolute Gasteiger partial charge is 0.334 e. The van der Waals surface area contributed by atoms with E-state index in [9.17, 15) is 20.1 Å². The lowest BCUT2D eigenvalue weighted by Crippen LogP contribution is -2.65. The molecule has 0 radical (unpaired) electrons. The molecule has 2 aliphatic heterocycles. The first-order chi connectivity index (χ1) is 9.64. The SMILES string of the molecule is C=C1C(=O)O[C@H]2[C@@H]1CC[C@@](C)(O)[C@@]1(O)[C@@H](O)[C@H]3O[C@@]3(C)[C@H]21. The highest BCUT2D eigenvalue weighted by atomic mass is 16.6. The summed E-state index contributed by atoms with van der Waals surface area (Å²) in [5, 5.41) is 32.4. The predicted octanol–water partition coefficient (Wildman–Crippen LogP) is -0.492. The second-order valence-electron chi connectivity index (χ2n) is 7.28. The average Bonchev–Trinajstić information content (AvgIpc) is 2.96. The maximum atomic E-state index is 11.8. The van der Waals surface area contributed by atoms with Gasteiger partial charge in [-0.05, 0) is 26.7 Å². The normalized spacial score (nSPS) is 61.7. The molecule has 21 heavy (non-hydrogen) atoms. The van der Waals surface area contributed by atoms with Crippen LogP contribution in [0.15, 0.2) is 12.2 Å². The van der Waals surface area contributed by atoms with Gasteiger partial charge in [-0.3, -0.25) is 0 Å². The predicted molar refractivity (Wildman–Crippen MR) is 70.1 cm³/mol. The van der Waals surface area contributed by atoms with Crippen LogP contribution in [0.1, 0.15) is 26.7 Å². The zero-order valence-electron chi connectivity index (χ0n) is 12.1. The van der Waals surface area contributed by atoms with Crippen LogP contribution in [0.4, 0.5) is 0 Å². The van der Waals surface area contributed by atoms with E-state index in [1.165, 1.54) is 6.92 Å². The molecule has 0 aromatic carbocycles. The molecule has 2 heterocycles. The molecule has 2 saturated carbocycles. The summed E-state index contributed by atoms with van der Waals surface area (Å²) in [5.74, 6) is -1.39.